The van der Waals surface area contributed by atoms with Gasteiger partial charge in [-0.05, 0) is 17.7 Å². The highest BCUT2D eigenvalue weighted by Crippen LogP contribution is 2.27. The Hall–Kier alpha value is -1.73. The van der Waals surface area contributed by atoms with E-state index in [-0.39, 0.29) is 5.56 Å². The summed E-state index contributed by atoms with van der Waals surface area (Å²) in [4.78, 5) is 10.9. The maximum Gasteiger partial charge on any atom is 0.308 e. The van der Waals surface area contributed by atoms with Gasteiger partial charge in [-0.25, -0.2) is 8.78 Å². The predicted molar refractivity (Wildman–Crippen MR) is 60.5 cm³/mol. The van der Waals surface area contributed by atoms with E-state index in [1.165, 1.54) is 0 Å². The molecule has 0 bridgehead atoms. The monoisotopic (exact) mass is 276 g/mol. The maximum absolute atomic E-state index is 13.4. The number of rotatable bonds is 5. The molecule has 0 saturated heterocycles. The lowest BCUT2D eigenvalue weighted by Crippen LogP contribution is -2.22. The molecule has 5 nitrogen and oxygen atoms in total. The van der Waals surface area contributed by atoms with Gasteiger partial charge in [0.1, 0.15) is 6.10 Å². The predicted octanol–water partition coefficient (Wildman–Crippen LogP) is 0.931. The number of halogens is 2. The van der Waals surface area contributed by atoms with Crippen LogP contribution in [0, 0.1) is 11.6 Å². The molecule has 2 N–H and O–H groups in total. The molecular formula is C12H14F2O5. The van der Waals surface area contributed by atoms with Crippen LogP contribution in [0.5, 0.6) is 5.75 Å². The third kappa shape index (κ3) is 3.62. The molecule has 2 unspecified atom stereocenters. The van der Waals surface area contributed by atoms with Crippen LogP contribution in [0.2, 0.25) is 0 Å². The zero-order valence-corrected chi connectivity index (χ0v) is 10.4. The first kappa shape index (κ1) is 15.3. The first-order valence-electron chi connectivity index (χ1n) is 5.36. The summed E-state index contributed by atoms with van der Waals surface area (Å²) < 4.78 is 35.6. The zero-order valence-electron chi connectivity index (χ0n) is 10.4. The maximum atomic E-state index is 13.4. The van der Waals surface area contributed by atoms with Gasteiger partial charge >= 0.3 is 5.97 Å². The van der Waals surface area contributed by atoms with Crippen LogP contribution >= 0.6 is 0 Å². The molecule has 0 aromatic heterocycles. The van der Waals surface area contributed by atoms with E-state index >= 15 is 0 Å². The number of aliphatic hydroxyl groups is 2. The topological polar surface area (TPSA) is 76.0 Å². The van der Waals surface area contributed by atoms with Crippen LogP contribution < -0.4 is 4.74 Å². The van der Waals surface area contributed by atoms with E-state index in [4.69, 9.17) is 0 Å². The number of methoxy groups -OCH3 is 2. The first-order chi connectivity index (χ1) is 8.90. The molecule has 0 fully saturated rings. The molecule has 7 heteroatoms. The van der Waals surface area contributed by atoms with Gasteiger partial charge in [0.05, 0.1) is 26.7 Å². The van der Waals surface area contributed by atoms with Gasteiger partial charge in [-0.2, -0.15) is 0 Å². The highest BCUT2D eigenvalue weighted by atomic mass is 19.1. The summed E-state index contributed by atoms with van der Waals surface area (Å²) in [6, 6.07) is 1.65. The van der Waals surface area contributed by atoms with Crippen molar-refractivity contribution in [3.63, 3.8) is 0 Å². The molecular weight excluding hydrogens is 262 g/mol. The van der Waals surface area contributed by atoms with Crippen LogP contribution in [0.3, 0.4) is 0 Å². The molecule has 106 valence electrons. The molecule has 0 radical (unpaired) electrons. The lowest BCUT2D eigenvalue weighted by Gasteiger charge is -2.18. The van der Waals surface area contributed by atoms with Crippen LogP contribution in [0.15, 0.2) is 12.1 Å². The van der Waals surface area contributed by atoms with E-state index in [0.29, 0.717) is 0 Å². The van der Waals surface area contributed by atoms with E-state index < -0.39 is 42.0 Å². The normalized spacial score (nSPS) is 13.8. The Bertz CT molecular complexity index is 440. The fraction of sp³-hybridized carbons (Fsp3) is 0.417. The summed E-state index contributed by atoms with van der Waals surface area (Å²) in [5, 5.41) is 19.3. The zero-order chi connectivity index (χ0) is 14.6. The average molecular weight is 276 g/mol. The van der Waals surface area contributed by atoms with Crippen molar-refractivity contribution in [2.75, 3.05) is 14.2 Å². The molecule has 0 spiro atoms. The second-order valence-electron chi connectivity index (χ2n) is 3.81. The molecule has 0 amide bonds. The van der Waals surface area contributed by atoms with Crippen molar-refractivity contribution in [2.24, 2.45) is 0 Å². The Kier molecular flexibility index (Phi) is 5.20. The van der Waals surface area contributed by atoms with E-state index in [2.05, 4.69) is 9.47 Å². The van der Waals surface area contributed by atoms with Gasteiger partial charge in [0.25, 0.3) is 0 Å². The summed E-state index contributed by atoms with van der Waals surface area (Å²) in [5.41, 5.74) is -0.202. The fourth-order valence-corrected chi connectivity index (χ4v) is 1.53. The molecule has 1 aromatic carbocycles. The van der Waals surface area contributed by atoms with E-state index in [1.54, 1.807) is 0 Å². The summed E-state index contributed by atoms with van der Waals surface area (Å²) in [5.74, 6) is -3.36. The van der Waals surface area contributed by atoms with Crippen LogP contribution in [0.1, 0.15) is 18.1 Å². The molecule has 1 aromatic rings. The first-order valence-corrected chi connectivity index (χ1v) is 5.36. The minimum Gasteiger partial charge on any atom is -0.491 e. The number of esters is 1. The molecule has 19 heavy (non-hydrogen) atoms. The SMILES string of the molecule is COC(=O)CC(O)C(O)c1cc(F)c(OC)c(F)c1. The largest absolute Gasteiger partial charge is 0.491 e. The van der Waals surface area contributed by atoms with Crippen molar-refractivity contribution in [2.45, 2.75) is 18.6 Å². The van der Waals surface area contributed by atoms with E-state index in [0.717, 1.165) is 26.4 Å². The van der Waals surface area contributed by atoms with Crippen LogP contribution in [-0.2, 0) is 9.53 Å². The third-order valence-electron chi connectivity index (χ3n) is 2.53. The summed E-state index contributed by atoms with van der Waals surface area (Å²) in [6.45, 7) is 0. The quantitative estimate of drug-likeness (QED) is 0.782. The smallest absolute Gasteiger partial charge is 0.308 e. The highest BCUT2D eigenvalue weighted by Gasteiger charge is 2.24. The number of ether oxygens (including phenoxy) is 2. The van der Waals surface area contributed by atoms with Gasteiger partial charge in [-0.3, -0.25) is 4.79 Å². The van der Waals surface area contributed by atoms with Crippen molar-refractivity contribution in [3.8, 4) is 5.75 Å². The van der Waals surface area contributed by atoms with Crippen molar-refractivity contribution >= 4 is 5.97 Å². The Balaban J connectivity index is 2.94. The van der Waals surface area contributed by atoms with Gasteiger partial charge in [-0.1, -0.05) is 0 Å². The van der Waals surface area contributed by atoms with E-state index in [1.807, 2.05) is 0 Å². The molecule has 0 aliphatic carbocycles. The lowest BCUT2D eigenvalue weighted by molar-refractivity contribution is -0.144. The second-order valence-corrected chi connectivity index (χ2v) is 3.81. The Morgan fingerprint density at radius 1 is 1.26 bits per heavy atom. The van der Waals surface area contributed by atoms with Crippen LogP contribution in [0.4, 0.5) is 8.78 Å². The minimum atomic E-state index is -1.62. The fourth-order valence-electron chi connectivity index (χ4n) is 1.53. The van der Waals surface area contributed by atoms with Gasteiger partial charge in [0.2, 0.25) is 0 Å². The number of aliphatic hydroxyl groups excluding tert-OH is 2. The number of hydrogen-bond acceptors (Lipinski definition) is 5. The summed E-state index contributed by atoms with van der Waals surface area (Å²) in [7, 11) is 2.22. The molecule has 0 heterocycles. The Labute approximate surface area is 108 Å². The highest BCUT2D eigenvalue weighted by molar-refractivity contribution is 5.69. The van der Waals surface area contributed by atoms with Crippen molar-refractivity contribution in [3.05, 3.63) is 29.3 Å². The molecule has 0 aliphatic heterocycles. The average Bonchev–Trinajstić information content (AvgIpc) is 2.37. The van der Waals surface area contributed by atoms with Gasteiger partial charge in [0, 0.05) is 0 Å². The Morgan fingerprint density at radius 3 is 2.21 bits per heavy atom. The van der Waals surface area contributed by atoms with Crippen molar-refractivity contribution in [1.29, 1.82) is 0 Å². The van der Waals surface area contributed by atoms with Gasteiger partial charge in [0.15, 0.2) is 17.4 Å². The molecule has 1 rings (SSSR count). The number of carbonyl (C=O) groups excluding carboxylic acids is 1. The number of hydrogen-bond donors (Lipinski definition) is 2. The van der Waals surface area contributed by atoms with Crippen molar-refractivity contribution in [1.82, 2.24) is 0 Å². The molecule has 0 saturated carbocycles. The second kappa shape index (κ2) is 6.44. The van der Waals surface area contributed by atoms with Gasteiger partial charge in [-0.15, -0.1) is 0 Å². The minimum absolute atomic E-state index is 0.202. The van der Waals surface area contributed by atoms with Crippen molar-refractivity contribution < 1.29 is 33.3 Å². The lowest BCUT2D eigenvalue weighted by atomic mass is 10.0. The van der Waals surface area contributed by atoms with Crippen LogP contribution in [-0.4, -0.2) is 36.5 Å². The molecule has 2 atom stereocenters. The number of carbonyl (C=O) groups is 1. The third-order valence-corrected chi connectivity index (χ3v) is 2.53. The van der Waals surface area contributed by atoms with Crippen LogP contribution in [0.25, 0.3) is 0 Å². The number of benzene rings is 1. The Morgan fingerprint density at radius 2 is 1.79 bits per heavy atom. The molecule has 0 aliphatic rings. The van der Waals surface area contributed by atoms with Gasteiger partial charge < -0.3 is 19.7 Å². The summed E-state index contributed by atoms with van der Waals surface area (Å²) in [6.07, 6.45) is -3.64. The summed E-state index contributed by atoms with van der Waals surface area (Å²) >= 11 is 0. The van der Waals surface area contributed by atoms with E-state index in [9.17, 15) is 23.8 Å². The standard InChI is InChI=1S/C12H14F2O5/c1-18-10(16)5-9(15)11(17)6-3-7(13)12(19-2)8(14)4-6/h3-4,9,11,15,17H,5H2,1-2H3.